The number of ether oxygens (including phenoxy) is 1. The molecule has 0 radical (unpaired) electrons. The summed E-state index contributed by atoms with van der Waals surface area (Å²) >= 11 is 2.24. The number of nitrogens with one attached hydrogen (secondary N) is 1. The van der Waals surface area contributed by atoms with Crippen molar-refractivity contribution in [2.75, 3.05) is 11.0 Å². The van der Waals surface area contributed by atoms with E-state index in [2.05, 4.69) is 52.2 Å². The van der Waals surface area contributed by atoms with Gasteiger partial charge in [0.1, 0.15) is 6.61 Å². The number of hydrogen-bond donors (Lipinski definition) is 1. The molecule has 1 atom stereocenters. The van der Waals surface area contributed by atoms with E-state index < -0.39 is 0 Å². The minimum atomic E-state index is -0.342. The third-order valence-electron chi connectivity index (χ3n) is 3.94. The van der Waals surface area contributed by atoms with Crippen LogP contribution in [0, 0.1) is 0 Å². The third-order valence-corrected chi connectivity index (χ3v) is 5.26. The molecule has 0 saturated heterocycles. The summed E-state index contributed by atoms with van der Waals surface area (Å²) in [7, 11) is 0. The maximum Gasteiger partial charge on any atom is 0.407 e. The van der Waals surface area contributed by atoms with Gasteiger partial charge in [0.2, 0.25) is 0 Å². The summed E-state index contributed by atoms with van der Waals surface area (Å²) in [6.07, 6.45) is -0.342. The van der Waals surface area contributed by atoms with E-state index in [4.69, 9.17) is 4.74 Å². The van der Waals surface area contributed by atoms with E-state index in [-0.39, 0.29) is 18.1 Å². The van der Waals surface area contributed by atoms with Crippen molar-refractivity contribution in [3.05, 3.63) is 59.7 Å². The molecule has 1 amide bonds. The van der Waals surface area contributed by atoms with Crippen molar-refractivity contribution in [2.45, 2.75) is 18.9 Å². The molecular weight excluding hydrogens is 389 g/mol. The molecule has 0 heterocycles. The number of benzene rings is 2. The topological polar surface area (TPSA) is 38.3 Å². The average Bonchev–Trinajstić information content (AvgIpc) is 2.87. The van der Waals surface area contributed by atoms with Gasteiger partial charge in [-0.25, -0.2) is 4.79 Å². The Labute approximate surface area is 144 Å². The summed E-state index contributed by atoms with van der Waals surface area (Å²) in [4.78, 5) is 11.9. The van der Waals surface area contributed by atoms with Crippen LogP contribution in [-0.4, -0.2) is 23.2 Å². The molecular formula is C18H18INO2. The molecule has 0 bridgehead atoms. The van der Waals surface area contributed by atoms with Crippen molar-refractivity contribution < 1.29 is 9.53 Å². The highest BCUT2D eigenvalue weighted by Crippen LogP contribution is 2.44. The number of rotatable bonds is 4. The van der Waals surface area contributed by atoms with Gasteiger partial charge in [0.15, 0.2) is 0 Å². The minimum absolute atomic E-state index is 0.119. The molecule has 1 aliphatic carbocycles. The van der Waals surface area contributed by atoms with Crippen LogP contribution in [0.25, 0.3) is 11.1 Å². The number of amides is 1. The summed E-state index contributed by atoms with van der Waals surface area (Å²) in [6, 6.07) is 16.8. The molecule has 1 N–H and O–H groups in total. The lowest BCUT2D eigenvalue weighted by Gasteiger charge is -2.16. The predicted molar refractivity (Wildman–Crippen MR) is 96.6 cm³/mol. The van der Waals surface area contributed by atoms with Crippen LogP contribution in [-0.2, 0) is 4.74 Å². The standard InChI is InChI=1S/C18H18INO2/c1-12(10-19)20-18(21)22-11-17-15-8-4-2-6-13(15)14-7-3-5-9-16(14)17/h2-9,12,17H,10-11H2,1H3,(H,20,21). The van der Waals surface area contributed by atoms with Crippen LogP contribution in [0.1, 0.15) is 24.0 Å². The van der Waals surface area contributed by atoms with E-state index in [1.165, 1.54) is 22.3 Å². The summed E-state index contributed by atoms with van der Waals surface area (Å²) in [5, 5.41) is 2.83. The fraction of sp³-hybridized carbons (Fsp3) is 0.278. The van der Waals surface area contributed by atoms with Crippen molar-refractivity contribution in [3.63, 3.8) is 0 Å². The molecule has 4 heteroatoms. The molecule has 0 fully saturated rings. The second kappa shape index (κ2) is 6.69. The second-order valence-electron chi connectivity index (χ2n) is 5.53. The number of carbonyl (C=O) groups is 1. The lowest BCUT2D eigenvalue weighted by atomic mass is 9.98. The van der Waals surface area contributed by atoms with Gasteiger partial charge in [-0.2, -0.15) is 0 Å². The van der Waals surface area contributed by atoms with Gasteiger partial charge < -0.3 is 10.1 Å². The molecule has 1 aliphatic rings. The Balaban J connectivity index is 1.78. The zero-order valence-corrected chi connectivity index (χ0v) is 14.5. The first-order valence-corrected chi connectivity index (χ1v) is 8.90. The van der Waals surface area contributed by atoms with Crippen molar-refractivity contribution in [3.8, 4) is 11.1 Å². The Morgan fingerprint density at radius 1 is 1.14 bits per heavy atom. The summed E-state index contributed by atoms with van der Waals surface area (Å²) < 4.78 is 6.32. The number of halogens is 1. The lowest BCUT2D eigenvalue weighted by molar-refractivity contribution is 0.141. The van der Waals surface area contributed by atoms with Crippen molar-refractivity contribution in [1.29, 1.82) is 0 Å². The maximum absolute atomic E-state index is 11.9. The van der Waals surface area contributed by atoms with Crippen molar-refractivity contribution in [2.24, 2.45) is 0 Å². The van der Waals surface area contributed by atoms with Gasteiger partial charge in [-0.05, 0) is 29.2 Å². The van der Waals surface area contributed by atoms with Crippen LogP contribution in [0.4, 0.5) is 4.79 Å². The summed E-state index contributed by atoms with van der Waals surface area (Å²) in [5.41, 5.74) is 4.96. The minimum Gasteiger partial charge on any atom is -0.449 e. The highest BCUT2D eigenvalue weighted by Gasteiger charge is 2.28. The maximum atomic E-state index is 11.9. The number of alkyl carbamates (subject to hydrolysis) is 1. The van der Waals surface area contributed by atoms with Crippen molar-refractivity contribution in [1.82, 2.24) is 5.32 Å². The van der Waals surface area contributed by atoms with E-state index in [1.54, 1.807) is 0 Å². The highest BCUT2D eigenvalue weighted by atomic mass is 127. The average molecular weight is 407 g/mol. The summed E-state index contributed by atoms with van der Waals surface area (Å²) in [6.45, 7) is 2.34. The summed E-state index contributed by atoms with van der Waals surface area (Å²) in [5.74, 6) is 0.119. The van der Waals surface area contributed by atoms with E-state index in [0.717, 1.165) is 4.43 Å². The number of carbonyl (C=O) groups excluding carboxylic acids is 1. The van der Waals surface area contributed by atoms with Gasteiger partial charge in [-0.3, -0.25) is 0 Å². The van der Waals surface area contributed by atoms with E-state index in [1.807, 2.05) is 31.2 Å². The predicted octanol–water partition coefficient (Wildman–Crippen LogP) is 4.35. The van der Waals surface area contributed by atoms with Gasteiger partial charge in [-0.1, -0.05) is 71.1 Å². The Hall–Kier alpha value is -1.56. The van der Waals surface area contributed by atoms with Crippen LogP contribution >= 0.6 is 22.6 Å². The molecule has 0 saturated carbocycles. The van der Waals surface area contributed by atoms with Crippen LogP contribution in [0.2, 0.25) is 0 Å². The molecule has 0 spiro atoms. The SMILES string of the molecule is CC(CI)NC(=O)OCC1c2ccccc2-c2ccccc21. The fourth-order valence-electron chi connectivity index (χ4n) is 2.88. The normalized spacial score (nSPS) is 14.1. The van der Waals surface area contributed by atoms with Crippen molar-refractivity contribution >= 4 is 28.7 Å². The van der Waals surface area contributed by atoms with E-state index in [0.29, 0.717) is 6.61 Å². The molecule has 1 unspecified atom stereocenters. The van der Waals surface area contributed by atoms with Gasteiger partial charge in [-0.15, -0.1) is 0 Å². The third kappa shape index (κ3) is 2.97. The first-order valence-electron chi connectivity index (χ1n) is 7.38. The van der Waals surface area contributed by atoms with Gasteiger partial charge >= 0.3 is 6.09 Å². The van der Waals surface area contributed by atoms with Crippen LogP contribution in [0.5, 0.6) is 0 Å². The number of fused-ring (bicyclic) bond motifs is 3. The zero-order chi connectivity index (χ0) is 15.5. The number of hydrogen-bond acceptors (Lipinski definition) is 2. The van der Waals surface area contributed by atoms with E-state index in [9.17, 15) is 4.79 Å². The van der Waals surface area contributed by atoms with Crippen LogP contribution < -0.4 is 5.32 Å². The largest absolute Gasteiger partial charge is 0.449 e. The zero-order valence-electron chi connectivity index (χ0n) is 12.4. The Kier molecular flexibility index (Phi) is 4.66. The number of alkyl halides is 1. The van der Waals surface area contributed by atoms with Gasteiger partial charge in [0.25, 0.3) is 0 Å². The first kappa shape index (κ1) is 15.3. The van der Waals surface area contributed by atoms with Gasteiger partial charge in [0, 0.05) is 16.4 Å². The molecule has 0 aliphatic heterocycles. The van der Waals surface area contributed by atoms with Crippen LogP contribution in [0.15, 0.2) is 48.5 Å². The Bertz CT molecular complexity index is 641. The van der Waals surface area contributed by atoms with Gasteiger partial charge in [0.05, 0.1) is 0 Å². The molecule has 2 aromatic carbocycles. The molecule has 3 nitrogen and oxygen atoms in total. The Morgan fingerprint density at radius 2 is 1.68 bits per heavy atom. The molecule has 2 aromatic rings. The second-order valence-corrected chi connectivity index (χ2v) is 6.41. The molecule has 0 aromatic heterocycles. The smallest absolute Gasteiger partial charge is 0.407 e. The molecule has 22 heavy (non-hydrogen) atoms. The van der Waals surface area contributed by atoms with E-state index >= 15 is 0 Å². The molecule has 3 rings (SSSR count). The van der Waals surface area contributed by atoms with Crippen LogP contribution in [0.3, 0.4) is 0 Å². The quantitative estimate of drug-likeness (QED) is 0.605. The lowest BCUT2D eigenvalue weighted by Crippen LogP contribution is -2.34. The molecule has 114 valence electrons. The highest BCUT2D eigenvalue weighted by molar-refractivity contribution is 14.1. The Morgan fingerprint density at radius 3 is 2.23 bits per heavy atom. The first-order chi connectivity index (χ1) is 10.7. The fourth-order valence-corrected chi connectivity index (χ4v) is 3.10. The monoisotopic (exact) mass is 407 g/mol.